The molecule has 0 unspecified atom stereocenters. The average Bonchev–Trinajstić information content (AvgIpc) is 4.00. The second-order valence-corrected chi connectivity index (χ2v) is 15.7. The Balaban J connectivity index is 0.994. The molecule has 0 atom stereocenters. The fraction of sp³-hybridized carbons (Fsp3) is 0. The predicted octanol–water partition coefficient (Wildman–Crippen LogP) is 15.1. The quantitative estimate of drug-likeness (QED) is 0.176. The van der Waals surface area contributed by atoms with Gasteiger partial charge in [0, 0.05) is 60.5 Å². The van der Waals surface area contributed by atoms with Crippen LogP contribution in [0.15, 0.2) is 153 Å². The third kappa shape index (κ3) is 3.98. The van der Waals surface area contributed by atoms with Crippen LogP contribution in [0.3, 0.4) is 0 Å². The lowest BCUT2D eigenvalue weighted by Crippen LogP contribution is -2.15. The van der Waals surface area contributed by atoms with Crippen molar-refractivity contribution >= 4 is 121 Å². The van der Waals surface area contributed by atoms with E-state index in [1.54, 1.807) is 22.7 Å². The number of hydrogen-bond acceptors (Lipinski definition) is 8. The molecule has 11 aromatic rings. The molecule has 0 saturated heterocycles. The zero-order valence-corrected chi connectivity index (χ0v) is 29.8. The molecule has 6 nitrogen and oxygen atoms in total. The highest BCUT2D eigenvalue weighted by Crippen LogP contribution is 2.56. The lowest BCUT2D eigenvalue weighted by atomic mass is 10.0. The minimum Gasteiger partial charge on any atom is -0.456 e. The minimum absolute atomic E-state index is 0.770. The molecule has 0 saturated carbocycles. The zero-order chi connectivity index (χ0) is 35.1. The molecule has 2 aliphatic heterocycles. The van der Waals surface area contributed by atoms with Gasteiger partial charge < -0.3 is 28.1 Å². The van der Waals surface area contributed by atoms with Crippen molar-refractivity contribution < 1.29 is 18.3 Å². The van der Waals surface area contributed by atoms with Crippen LogP contribution >= 0.6 is 22.7 Å². The first-order valence-corrected chi connectivity index (χ1v) is 19.5. The summed E-state index contributed by atoms with van der Waals surface area (Å²) in [7, 11) is 0. The van der Waals surface area contributed by atoms with Crippen LogP contribution in [0.2, 0.25) is 0 Å². The molecule has 0 bridgehead atoms. The van der Waals surface area contributed by atoms with E-state index < -0.39 is 0 Å². The van der Waals surface area contributed by atoms with Gasteiger partial charge in [-0.05, 0) is 100 Å². The fourth-order valence-corrected chi connectivity index (χ4v) is 9.87. The molecule has 0 N–H and O–H groups in total. The Hall–Kier alpha value is -6.74. The van der Waals surface area contributed by atoms with Crippen LogP contribution in [0.25, 0.3) is 64.0 Å². The van der Waals surface area contributed by atoms with Crippen LogP contribution in [-0.4, -0.2) is 0 Å². The first kappa shape index (κ1) is 28.8. The summed E-state index contributed by atoms with van der Waals surface area (Å²) in [6.45, 7) is 0. The highest BCUT2D eigenvalue weighted by atomic mass is 32.1. The molecule has 0 radical (unpaired) electrons. The van der Waals surface area contributed by atoms with E-state index in [-0.39, 0.29) is 0 Å². The number of fused-ring (bicyclic) bond motifs is 12. The molecule has 8 heteroatoms. The summed E-state index contributed by atoms with van der Waals surface area (Å²) in [4.78, 5) is 4.53. The monoisotopic (exact) mass is 732 g/mol. The van der Waals surface area contributed by atoms with Crippen LogP contribution in [-0.2, 0) is 0 Å². The molecular formula is C46H24N2O4S2. The molecule has 6 heterocycles. The number of rotatable bonds is 2. The highest BCUT2D eigenvalue weighted by Gasteiger charge is 2.31. The topological polar surface area (TPSA) is 51.2 Å². The van der Waals surface area contributed by atoms with E-state index in [0.717, 1.165) is 101 Å². The average molecular weight is 733 g/mol. The van der Waals surface area contributed by atoms with Crippen LogP contribution in [0.1, 0.15) is 0 Å². The summed E-state index contributed by atoms with van der Waals surface area (Å²) >= 11 is 3.45. The molecule has 4 aromatic heterocycles. The van der Waals surface area contributed by atoms with Gasteiger partial charge in [-0.2, -0.15) is 0 Å². The van der Waals surface area contributed by atoms with Crippen molar-refractivity contribution in [2.45, 2.75) is 0 Å². The molecule has 54 heavy (non-hydrogen) atoms. The van der Waals surface area contributed by atoms with Crippen molar-refractivity contribution in [2.75, 3.05) is 9.80 Å². The molecule has 254 valence electrons. The lowest BCUT2D eigenvalue weighted by molar-refractivity contribution is 0.478. The molecule has 13 rings (SSSR count). The molecule has 7 aromatic carbocycles. The van der Waals surface area contributed by atoms with Gasteiger partial charge in [-0.25, -0.2) is 0 Å². The number of nitrogens with zero attached hydrogens (tertiary/aromatic N) is 2. The maximum Gasteiger partial charge on any atom is 0.152 e. The van der Waals surface area contributed by atoms with Crippen LogP contribution in [0.5, 0.6) is 23.0 Å². The van der Waals surface area contributed by atoms with Gasteiger partial charge in [0.2, 0.25) is 0 Å². The number of thiophene rings is 2. The van der Waals surface area contributed by atoms with Gasteiger partial charge in [-0.15, -0.1) is 22.7 Å². The van der Waals surface area contributed by atoms with Gasteiger partial charge in [-0.1, -0.05) is 36.4 Å². The summed E-state index contributed by atoms with van der Waals surface area (Å²) in [6, 6.07) is 46.5. The summed E-state index contributed by atoms with van der Waals surface area (Å²) in [6.07, 6.45) is 0. The summed E-state index contributed by atoms with van der Waals surface area (Å²) in [5.74, 6) is 3.19. The van der Waals surface area contributed by atoms with E-state index in [4.69, 9.17) is 18.3 Å². The Kier molecular flexibility index (Phi) is 5.57. The van der Waals surface area contributed by atoms with Gasteiger partial charge in [0.05, 0.1) is 22.7 Å². The van der Waals surface area contributed by atoms with Crippen molar-refractivity contribution in [1.82, 2.24) is 0 Å². The van der Waals surface area contributed by atoms with Crippen molar-refractivity contribution in [3.8, 4) is 23.0 Å². The summed E-state index contributed by atoms with van der Waals surface area (Å²) in [5.41, 5.74) is 9.08. The normalized spacial score (nSPS) is 13.4. The molecule has 0 aliphatic carbocycles. The Morgan fingerprint density at radius 1 is 0.370 bits per heavy atom. The second-order valence-electron chi connectivity index (χ2n) is 13.8. The van der Waals surface area contributed by atoms with E-state index in [1.807, 2.05) is 12.1 Å². The molecule has 2 aliphatic rings. The molecular weight excluding hydrogens is 709 g/mol. The number of ether oxygens (including phenoxy) is 2. The van der Waals surface area contributed by atoms with Gasteiger partial charge in [0.1, 0.15) is 22.3 Å². The number of furan rings is 2. The number of hydrogen-bond donors (Lipinski definition) is 0. The predicted molar refractivity (Wildman–Crippen MR) is 221 cm³/mol. The fourth-order valence-electron chi connectivity index (χ4n) is 8.26. The Morgan fingerprint density at radius 2 is 0.796 bits per heavy atom. The Morgan fingerprint density at radius 3 is 1.37 bits per heavy atom. The number of benzene rings is 7. The molecule has 0 spiro atoms. The minimum atomic E-state index is 0.770. The number of anilines is 6. The Bertz CT molecular complexity index is 3130. The van der Waals surface area contributed by atoms with Crippen LogP contribution in [0.4, 0.5) is 34.1 Å². The van der Waals surface area contributed by atoms with Crippen molar-refractivity contribution in [3.05, 3.63) is 144 Å². The zero-order valence-electron chi connectivity index (χ0n) is 28.2. The maximum absolute atomic E-state index is 6.70. The van der Waals surface area contributed by atoms with Gasteiger partial charge in [0.25, 0.3) is 0 Å². The largest absolute Gasteiger partial charge is 0.456 e. The van der Waals surface area contributed by atoms with E-state index in [1.165, 1.54) is 20.2 Å². The van der Waals surface area contributed by atoms with E-state index in [0.29, 0.717) is 0 Å². The summed E-state index contributed by atoms with van der Waals surface area (Å²) < 4.78 is 29.2. The first-order valence-electron chi connectivity index (χ1n) is 17.7. The Labute approximate surface area is 314 Å². The van der Waals surface area contributed by atoms with Crippen LogP contribution < -0.4 is 19.3 Å². The lowest BCUT2D eigenvalue weighted by Gasteiger charge is -2.33. The highest BCUT2D eigenvalue weighted by molar-refractivity contribution is 7.17. The van der Waals surface area contributed by atoms with E-state index >= 15 is 0 Å². The second kappa shape index (κ2) is 10.4. The van der Waals surface area contributed by atoms with Crippen molar-refractivity contribution in [2.24, 2.45) is 0 Å². The van der Waals surface area contributed by atoms with Crippen molar-refractivity contribution in [1.29, 1.82) is 0 Å². The maximum atomic E-state index is 6.70. The third-order valence-corrected chi connectivity index (χ3v) is 12.5. The van der Waals surface area contributed by atoms with Gasteiger partial charge >= 0.3 is 0 Å². The van der Waals surface area contributed by atoms with E-state index in [2.05, 4.69) is 142 Å². The van der Waals surface area contributed by atoms with Gasteiger partial charge in [-0.3, -0.25) is 0 Å². The number of para-hydroxylation sites is 2. The third-order valence-electron chi connectivity index (χ3n) is 10.7. The first-order chi connectivity index (χ1) is 26.7. The van der Waals surface area contributed by atoms with Crippen LogP contribution in [0, 0.1) is 0 Å². The molecule has 0 fully saturated rings. The molecule has 0 amide bonds. The smallest absolute Gasteiger partial charge is 0.152 e. The summed E-state index contributed by atoms with van der Waals surface area (Å²) in [5, 5.41) is 10.5. The standard InChI is InChI=1S/C46H24N2O4S2/c1-3-7-27(8-4-1)47-33-15-25-11-13-54-46(25)24-44(33)52-43-20-32-30-18-37-29(17-38(30)49-39(32)21-34(43)47)31-19-42-35(22-40(31)50-37)48(28-9-5-2-6-10-28)36-23-45-26(12-14-53-45)16-41(36)51-42/h1-24H. The van der Waals surface area contributed by atoms with Crippen molar-refractivity contribution in [3.63, 3.8) is 0 Å². The van der Waals surface area contributed by atoms with E-state index in [9.17, 15) is 0 Å². The SMILES string of the molecule is c1ccc(N2c3cc4ccsc4cc3Oc3cc4c(cc32)oc2cc3c(cc24)oc2cc4c(cc23)Oc2cc3ccsc3cc2N4c2ccccc2)cc1. The van der Waals surface area contributed by atoms with Gasteiger partial charge in [0.15, 0.2) is 23.0 Å².